The van der Waals surface area contributed by atoms with Crippen LogP contribution in [-0.2, 0) is 6.42 Å². The minimum atomic E-state index is -0.566. The lowest BCUT2D eigenvalue weighted by Gasteiger charge is -2.07. The molecule has 0 aliphatic heterocycles. The van der Waals surface area contributed by atoms with E-state index in [9.17, 15) is 9.59 Å². The van der Waals surface area contributed by atoms with Crippen molar-refractivity contribution in [2.45, 2.75) is 13.3 Å². The minimum absolute atomic E-state index is 0.318. The van der Waals surface area contributed by atoms with Gasteiger partial charge in [-0.25, -0.2) is 4.79 Å². The lowest BCUT2D eigenvalue weighted by molar-refractivity contribution is 0.100. The van der Waals surface area contributed by atoms with E-state index < -0.39 is 11.9 Å². The van der Waals surface area contributed by atoms with Gasteiger partial charge in [-0.1, -0.05) is 24.6 Å². The highest BCUT2D eigenvalue weighted by molar-refractivity contribution is 7.16. The summed E-state index contributed by atoms with van der Waals surface area (Å²) in [6.45, 7) is 1.96. The molecule has 4 N–H and O–H groups in total. The zero-order chi connectivity index (χ0) is 15.4. The van der Waals surface area contributed by atoms with E-state index in [0.29, 0.717) is 21.3 Å². The van der Waals surface area contributed by atoms with Gasteiger partial charge in [0.1, 0.15) is 5.00 Å². The number of hydrogen-bond acceptors (Lipinski definition) is 3. The van der Waals surface area contributed by atoms with Gasteiger partial charge in [-0.15, -0.1) is 11.3 Å². The molecule has 1 aromatic carbocycles. The minimum Gasteiger partial charge on any atom is -0.366 e. The molecule has 7 heteroatoms. The number of benzene rings is 1. The van der Waals surface area contributed by atoms with E-state index in [0.717, 1.165) is 11.3 Å². The van der Waals surface area contributed by atoms with Gasteiger partial charge in [0.2, 0.25) is 0 Å². The third kappa shape index (κ3) is 3.96. The predicted molar refractivity (Wildman–Crippen MR) is 86.3 cm³/mol. The molecular formula is C14H14ClN3O2S. The van der Waals surface area contributed by atoms with E-state index in [1.807, 2.05) is 6.92 Å². The molecule has 0 fully saturated rings. The molecule has 110 valence electrons. The monoisotopic (exact) mass is 323 g/mol. The first-order chi connectivity index (χ1) is 9.99. The van der Waals surface area contributed by atoms with Crippen molar-refractivity contribution in [1.29, 1.82) is 0 Å². The Hall–Kier alpha value is -2.05. The highest BCUT2D eigenvalue weighted by atomic mass is 35.5. The molecule has 0 aliphatic carbocycles. The number of hydrogen-bond donors (Lipinski definition) is 3. The number of nitrogens with two attached hydrogens (primary N) is 1. The fourth-order valence-electron chi connectivity index (χ4n) is 1.72. The summed E-state index contributed by atoms with van der Waals surface area (Å²) < 4.78 is 0. The van der Waals surface area contributed by atoms with Crippen LogP contribution >= 0.6 is 22.9 Å². The molecule has 21 heavy (non-hydrogen) atoms. The molecule has 0 saturated carbocycles. The quantitative estimate of drug-likeness (QED) is 0.801. The molecular weight excluding hydrogens is 310 g/mol. The van der Waals surface area contributed by atoms with Crippen molar-refractivity contribution in [2.75, 3.05) is 10.6 Å². The van der Waals surface area contributed by atoms with E-state index >= 15 is 0 Å². The fourth-order valence-corrected chi connectivity index (χ4v) is 2.91. The number of thiophene rings is 1. The Bertz CT molecular complexity index is 685. The van der Waals surface area contributed by atoms with E-state index in [-0.39, 0.29) is 0 Å². The van der Waals surface area contributed by atoms with E-state index in [1.165, 1.54) is 11.3 Å². The summed E-state index contributed by atoms with van der Waals surface area (Å²) in [6, 6.07) is 8.02. The van der Waals surface area contributed by atoms with Gasteiger partial charge in [0.05, 0.1) is 5.56 Å². The number of amides is 3. The summed E-state index contributed by atoms with van der Waals surface area (Å²) in [7, 11) is 0. The number of urea groups is 1. The van der Waals surface area contributed by atoms with Crippen LogP contribution in [0.1, 0.15) is 22.2 Å². The normalized spacial score (nSPS) is 10.2. The molecule has 0 bridgehead atoms. The van der Waals surface area contributed by atoms with Crippen molar-refractivity contribution in [3.63, 3.8) is 0 Å². The molecule has 1 heterocycles. The van der Waals surface area contributed by atoms with Crippen LogP contribution in [0.2, 0.25) is 5.02 Å². The maximum absolute atomic E-state index is 12.0. The summed E-state index contributed by atoms with van der Waals surface area (Å²) in [4.78, 5) is 24.3. The smallest absolute Gasteiger partial charge is 0.324 e. The molecule has 0 radical (unpaired) electrons. The van der Waals surface area contributed by atoms with E-state index in [2.05, 4.69) is 10.6 Å². The van der Waals surface area contributed by atoms with Crippen LogP contribution in [0.15, 0.2) is 30.3 Å². The van der Waals surface area contributed by atoms with Crippen LogP contribution in [-0.4, -0.2) is 11.9 Å². The van der Waals surface area contributed by atoms with E-state index in [4.69, 9.17) is 17.3 Å². The van der Waals surface area contributed by atoms with Crippen molar-refractivity contribution in [3.8, 4) is 0 Å². The highest BCUT2D eigenvalue weighted by Gasteiger charge is 2.15. The zero-order valence-corrected chi connectivity index (χ0v) is 12.8. The standard InChI is InChI=1S/C14H14ClN3O2S/c1-2-10-7-11(12(16)19)13(21-10)18-14(20)17-9-5-3-4-8(15)6-9/h3-7H,2H2,1H3,(H2,16,19)(H2,17,18,20). The van der Waals surface area contributed by atoms with Gasteiger partial charge in [0.25, 0.3) is 5.91 Å². The van der Waals surface area contributed by atoms with Crippen LogP contribution in [0.5, 0.6) is 0 Å². The topological polar surface area (TPSA) is 84.2 Å². The van der Waals surface area contributed by atoms with E-state index in [1.54, 1.807) is 30.3 Å². The van der Waals surface area contributed by atoms with Gasteiger partial charge in [0.15, 0.2) is 0 Å². The molecule has 0 aliphatic rings. The first-order valence-electron chi connectivity index (χ1n) is 6.25. The maximum atomic E-state index is 12.0. The van der Waals surface area contributed by atoms with Gasteiger partial charge in [-0.2, -0.15) is 0 Å². The Kier molecular flexibility index (Phi) is 4.82. The molecule has 2 aromatic rings. The van der Waals surface area contributed by atoms with Crippen LogP contribution in [0.4, 0.5) is 15.5 Å². The van der Waals surface area contributed by atoms with Crippen molar-refractivity contribution in [1.82, 2.24) is 0 Å². The van der Waals surface area contributed by atoms with Crippen molar-refractivity contribution in [2.24, 2.45) is 5.73 Å². The van der Waals surface area contributed by atoms with Gasteiger partial charge in [0, 0.05) is 15.6 Å². The number of anilines is 2. The highest BCUT2D eigenvalue weighted by Crippen LogP contribution is 2.28. The Morgan fingerprint density at radius 2 is 2.05 bits per heavy atom. The third-order valence-corrected chi connectivity index (χ3v) is 4.14. The molecule has 2 rings (SSSR count). The molecule has 0 unspecified atom stereocenters. The lowest BCUT2D eigenvalue weighted by Crippen LogP contribution is -2.21. The van der Waals surface area contributed by atoms with Crippen molar-refractivity contribution in [3.05, 3.63) is 45.8 Å². The average Bonchev–Trinajstić information content (AvgIpc) is 2.81. The van der Waals surface area contributed by atoms with Crippen LogP contribution in [0.3, 0.4) is 0 Å². The summed E-state index contributed by atoms with van der Waals surface area (Å²) in [6.07, 6.45) is 0.766. The summed E-state index contributed by atoms with van der Waals surface area (Å²) in [5.74, 6) is -0.566. The Morgan fingerprint density at radius 1 is 1.29 bits per heavy atom. The van der Waals surface area contributed by atoms with Gasteiger partial charge in [-0.05, 0) is 30.7 Å². The summed E-state index contributed by atoms with van der Waals surface area (Å²) >= 11 is 7.18. The number of nitrogens with one attached hydrogen (secondary N) is 2. The maximum Gasteiger partial charge on any atom is 0.324 e. The molecule has 0 saturated heterocycles. The Balaban J connectivity index is 2.12. The summed E-state index contributed by atoms with van der Waals surface area (Å²) in [5, 5.41) is 6.25. The number of rotatable bonds is 4. The largest absolute Gasteiger partial charge is 0.366 e. The predicted octanol–water partition coefficient (Wildman–Crippen LogP) is 3.71. The first kappa shape index (κ1) is 15.3. The van der Waals surface area contributed by atoms with Crippen LogP contribution in [0, 0.1) is 0 Å². The third-order valence-electron chi connectivity index (χ3n) is 2.71. The molecule has 1 aromatic heterocycles. The second-order valence-electron chi connectivity index (χ2n) is 4.26. The van der Waals surface area contributed by atoms with Gasteiger partial charge < -0.3 is 11.1 Å². The van der Waals surface area contributed by atoms with Crippen LogP contribution < -0.4 is 16.4 Å². The number of carbonyl (C=O) groups is 2. The van der Waals surface area contributed by atoms with Gasteiger partial charge >= 0.3 is 6.03 Å². The SMILES string of the molecule is CCc1cc(C(N)=O)c(NC(=O)Nc2cccc(Cl)c2)s1. The Morgan fingerprint density at radius 3 is 2.67 bits per heavy atom. The summed E-state index contributed by atoms with van der Waals surface area (Å²) in [5.41, 5.74) is 6.19. The van der Waals surface area contributed by atoms with Gasteiger partial charge in [-0.3, -0.25) is 10.1 Å². The van der Waals surface area contributed by atoms with Crippen LogP contribution in [0.25, 0.3) is 0 Å². The molecule has 3 amide bonds. The number of primary amides is 1. The molecule has 0 spiro atoms. The molecule has 0 atom stereocenters. The number of halogens is 1. The zero-order valence-electron chi connectivity index (χ0n) is 11.3. The average molecular weight is 324 g/mol. The van der Waals surface area contributed by atoms with Crippen molar-refractivity contribution < 1.29 is 9.59 Å². The molecule has 5 nitrogen and oxygen atoms in total. The number of carbonyl (C=O) groups excluding carboxylic acids is 2. The van der Waals surface area contributed by atoms with Crippen molar-refractivity contribution >= 4 is 45.6 Å². The Labute approximate surface area is 131 Å². The fraction of sp³-hybridized carbons (Fsp3) is 0.143. The second kappa shape index (κ2) is 6.60. The number of aryl methyl sites for hydroxylation is 1. The first-order valence-corrected chi connectivity index (χ1v) is 7.45. The second-order valence-corrected chi connectivity index (χ2v) is 5.84. The lowest BCUT2D eigenvalue weighted by atomic mass is 10.2.